The number of hydrogen-bond acceptors (Lipinski definition) is 4. The van der Waals surface area contributed by atoms with Crippen molar-refractivity contribution >= 4 is 45.9 Å². The Labute approximate surface area is 245 Å². The molecule has 0 radical (unpaired) electrons. The lowest BCUT2D eigenvalue weighted by Gasteiger charge is -2.30. The molecule has 1 unspecified atom stereocenters. The summed E-state index contributed by atoms with van der Waals surface area (Å²) in [6.45, 7) is 4.23. The Hall–Kier alpha value is -4.55. The van der Waals surface area contributed by atoms with Crippen molar-refractivity contribution in [3.63, 3.8) is 0 Å². The summed E-state index contributed by atoms with van der Waals surface area (Å²) in [5.74, 6) is -0.226. The molecule has 0 aromatic heterocycles. The lowest BCUT2D eigenvalue weighted by atomic mass is 10.0. The third kappa shape index (κ3) is 7.16. The molecule has 1 atom stereocenters. The van der Waals surface area contributed by atoms with Gasteiger partial charge in [0.25, 0.3) is 0 Å². The van der Waals surface area contributed by atoms with Gasteiger partial charge in [-0.1, -0.05) is 90.6 Å². The zero-order valence-electron chi connectivity index (χ0n) is 23.1. The fraction of sp³-hybridized carbons (Fsp3) is 0.143. The largest absolute Gasteiger partial charge is 0.466 e. The first kappa shape index (κ1) is 28.0. The van der Waals surface area contributed by atoms with E-state index in [0.717, 1.165) is 37.4 Å². The highest BCUT2D eigenvalue weighted by Gasteiger charge is 2.24. The van der Waals surface area contributed by atoms with Crippen LogP contribution in [0.1, 0.15) is 31.0 Å². The molecular weight excluding hydrogens is 528 g/mol. The third-order valence-electron chi connectivity index (χ3n) is 6.80. The van der Waals surface area contributed by atoms with E-state index in [1.807, 2.05) is 109 Å². The molecule has 5 aromatic rings. The molecule has 0 aliphatic rings. The molecule has 41 heavy (non-hydrogen) atoms. The average Bonchev–Trinajstić information content (AvgIpc) is 2.99. The van der Waals surface area contributed by atoms with Gasteiger partial charge in [0.15, 0.2) is 0 Å². The predicted octanol–water partition coefficient (Wildman–Crippen LogP) is 8.90. The Morgan fingerprint density at radius 1 is 0.780 bits per heavy atom. The quantitative estimate of drug-likeness (QED) is 0.183. The van der Waals surface area contributed by atoms with Gasteiger partial charge in [-0.05, 0) is 78.2 Å². The summed E-state index contributed by atoms with van der Waals surface area (Å²) < 4.78 is 5.04. The van der Waals surface area contributed by atoms with Gasteiger partial charge in [0.2, 0.25) is 0 Å². The summed E-state index contributed by atoms with van der Waals surface area (Å²) in [5.41, 5.74) is 3.50. The second-order valence-electron chi connectivity index (χ2n) is 9.67. The number of benzene rings is 5. The Balaban J connectivity index is 1.35. The second-order valence-corrected chi connectivity index (χ2v) is 10.8. The zero-order valence-corrected chi connectivity index (χ0v) is 23.9. The van der Waals surface area contributed by atoms with Crippen LogP contribution in [0.4, 0.5) is 16.2 Å². The highest BCUT2D eigenvalue weighted by Crippen LogP contribution is 2.32. The Morgan fingerprint density at radius 2 is 1.51 bits per heavy atom. The number of esters is 1. The third-order valence-corrected chi connectivity index (χ3v) is 7.79. The maximum Gasteiger partial charge on any atom is 0.326 e. The van der Waals surface area contributed by atoms with E-state index in [4.69, 9.17) is 4.74 Å². The molecule has 0 fully saturated rings. The first-order chi connectivity index (χ1) is 20.0. The topological polar surface area (TPSA) is 58.6 Å². The molecule has 206 valence electrons. The molecule has 5 aromatic carbocycles. The van der Waals surface area contributed by atoms with Gasteiger partial charge in [-0.2, -0.15) is 0 Å². The van der Waals surface area contributed by atoms with Gasteiger partial charge in [-0.25, -0.2) is 4.79 Å². The highest BCUT2D eigenvalue weighted by molar-refractivity contribution is 7.99. The Morgan fingerprint density at radius 3 is 2.27 bits per heavy atom. The van der Waals surface area contributed by atoms with E-state index < -0.39 is 0 Å². The van der Waals surface area contributed by atoms with Crippen LogP contribution in [0.2, 0.25) is 0 Å². The van der Waals surface area contributed by atoms with Gasteiger partial charge < -0.3 is 10.1 Å². The summed E-state index contributed by atoms with van der Waals surface area (Å²) in [6, 6.07) is 39.6. The number of ether oxygens (including phenoxy) is 1. The van der Waals surface area contributed by atoms with Gasteiger partial charge in [0.1, 0.15) is 0 Å². The summed E-state index contributed by atoms with van der Waals surface area (Å²) in [5, 5.41) is 5.34. The number of carbonyl (C=O) groups is 2. The van der Waals surface area contributed by atoms with E-state index in [9.17, 15) is 9.59 Å². The number of nitrogens with one attached hydrogen (secondary N) is 1. The number of rotatable bonds is 9. The number of carbonyl (C=O) groups excluding carboxylic acids is 2. The molecule has 0 saturated heterocycles. The average molecular weight is 561 g/mol. The zero-order chi connectivity index (χ0) is 28.6. The number of hydrogen-bond donors (Lipinski definition) is 1. The van der Waals surface area contributed by atoms with Gasteiger partial charge in [-0.15, -0.1) is 0 Å². The molecule has 5 rings (SSSR count). The first-order valence-corrected chi connectivity index (χ1v) is 14.5. The predicted molar refractivity (Wildman–Crippen MR) is 168 cm³/mol. The van der Waals surface area contributed by atoms with Crippen LogP contribution < -0.4 is 10.2 Å². The number of anilines is 2. The maximum absolute atomic E-state index is 13.9. The van der Waals surface area contributed by atoms with E-state index in [1.54, 1.807) is 18.7 Å². The van der Waals surface area contributed by atoms with Crippen LogP contribution in [0.25, 0.3) is 10.8 Å². The number of fused-ring (bicyclic) bond motifs is 1. The van der Waals surface area contributed by atoms with Gasteiger partial charge in [-0.3, -0.25) is 9.69 Å². The normalized spacial score (nSPS) is 11.6. The standard InChI is InChI=1S/C35H32N2O3S/c1-3-40-34(38)22-26-16-20-32(21-17-26)41-33-15-9-14-30(24-33)36-35(39)37(25(2)27-10-5-4-6-11-27)31-19-18-28-12-7-8-13-29(28)23-31/h4-21,23-25H,3,22H2,1-2H3,(H,36,39). The fourth-order valence-corrected chi connectivity index (χ4v) is 5.61. The molecule has 0 heterocycles. The maximum atomic E-state index is 13.9. The number of nitrogens with zero attached hydrogens (tertiary/aromatic N) is 1. The smallest absolute Gasteiger partial charge is 0.326 e. The van der Waals surface area contributed by atoms with Crippen LogP contribution in [0.3, 0.4) is 0 Å². The van der Waals surface area contributed by atoms with E-state index in [2.05, 4.69) is 29.6 Å². The molecular formula is C35H32N2O3S. The Bertz CT molecular complexity index is 1640. The van der Waals surface area contributed by atoms with Crippen molar-refractivity contribution in [3.05, 3.63) is 132 Å². The minimum atomic E-state index is -0.226. The second kappa shape index (κ2) is 13.2. The van der Waals surface area contributed by atoms with Crippen LogP contribution in [-0.2, 0) is 16.0 Å². The molecule has 0 spiro atoms. The van der Waals surface area contributed by atoms with Crippen molar-refractivity contribution in [2.75, 3.05) is 16.8 Å². The monoisotopic (exact) mass is 560 g/mol. The molecule has 1 N–H and O–H groups in total. The molecule has 0 saturated carbocycles. The summed E-state index contributed by atoms with van der Waals surface area (Å²) >= 11 is 1.59. The van der Waals surface area contributed by atoms with Crippen molar-refractivity contribution in [1.82, 2.24) is 0 Å². The van der Waals surface area contributed by atoms with Crippen molar-refractivity contribution in [1.29, 1.82) is 0 Å². The minimum Gasteiger partial charge on any atom is -0.466 e. The lowest BCUT2D eigenvalue weighted by Crippen LogP contribution is -2.37. The van der Waals surface area contributed by atoms with E-state index in [-0.39, 0.29) is 24.5 Å². The van der Waals surface area contributed by atoms with Crippen LogP contribution in [0, 0.1) is 0 Å². The van der Waals surface area contributed by atoms with Gasteiger partial charge in [0, 0.05) is 21.2 Å². The molecule has 2 amide bonds. The number of urea groups is 1. The first-order valence-electron chi connectivity index (χ1n) is 13.7. The van der Waals surface area contributed by atoms with Gasteiger partial charge >= 0.3 is 12.0 Å². The Kier molecular flexibility index (Phi) is 9.02. The summed E-state index contributed by atoms with van der Waals surface area (Å²) in [6.07, 6.45) is 0.259. The molecule has 0 aliphatic carbocycles. The molecule has 6 heteroatoms. The molecule has 5 nitrogen and oxygen atoms in total. The van der Waals surface area contributed by atoms with E-state index >= 15 is 0 Å². The van der Waals surface area contributed by atoms with Crippen LogP contribution in [-0.4, -0.2) is 18.6 Å². The van der Waals surface area contributed by atoms with Gasteiger partial charge in [0.05, 0.1) is 19.1 Å². The van der Waals surface area contributed by atoms with Crippen molar-refractivity contribution < 1.29 is 14.3 Å². The minimum absolute atomic E-state index is 0.192. The molecule has 0 bridgehead atoms. The number of amides is 2. The van der Waals surface area contributed by atoms with Crippen LogP contribution in [0.5, 0.6) is 0 Å². The van der Waals surface area contributed by atoms with E-state index in [1.165, 1.54) is 0 Å². The fourth-order valence-electron chi connectivity index (χ4n) is 4.74. The highest BCUT2D eigenvalue weighted by atomic mass is 32.2. The van der Waals surface area contributed by atoms with E-state index in [0.29, 0.717) is 12.3 Å². The molecule has 0 aliphatic heterocycles. The van der Waals surface area contributed by atoms with Crippen LogP contribution in [0.15, 0.2) is 131 Å². The van der Waals surface area contributed by atoms with Crippen molar-refractivity contribution in [2.24, 2.45) is 0 Å². The SMILES string of the molecule is CCOC(=O)Cc1ccc(Sc2cccc(NC(=O)N(c3ccc4ccccc4c3)C(C)c3ccccc3)c2)cc1. The van der Waals surface area contributed by atoms with Crippen molar-refractivity contribution in [2.45, 2.75) is 36.1 Å². The lowest BCUT2D eigenvalue weighted by molar-refractivity contribution is -0.142. The van der Waals surface area contributed by atoms with Crippen LogP contribution >= 0.6 is 11.8 Å². The summed E-state index contributed by atoms with van der Waals surface area (Å²) in [4.78, 5) is 29.5. The van der Waals surface area contributed by atoms with Crippen molar-refractivity contribution in [3.8, 4) is 0 Å². The summed E-state index contributed by atoms with van der Waals surface area (Å²) in [7, 11) is 0.